The molecule has 8 heteroatoms. The van der Waals surface area contributed by atoms with Gasteiger partial charge in [0, 0.05) is 19.2 Å². The second kappa shape index (κ2) is 5.98. The monoisotopic (exact) mass is 313 g/mol. The third kappa shape index (κ3) is 3.16. The van der Waals surface area contributed by atoms with Gasteiger partial charge in [-0.15, -0.1) is 0 Å². The fraction of sp³-hybridized carbons (Fsp3) is 0.538. The molecule has 0 spiro atoms. The lowest BCUT2D eigenvalue weighted by atomic mass is 9.96. The van der Waals surface area contributed by atoms with Gasteiger partial charge in [-0.25, -0.2) is 8.42 Å². The van der Waals surface area contributed by atoms with Crippen molar-refractivity contribution in [2.24, 2.45) is 0 Å². The summed E-state index contributed by atoms with van der Waals surface area (Å²) in [5.74, 6) is 0. The van der Waals surface area contributed by atoms with Crippen LogP contribution in [-0.2, 0) is 10.0 Å². The van der Waals surface area contributed by atoms with Crippen LogP contribution in [0.1, 0.15) is 32.1 Å². The molecule has 0 amide bonds. The molecule has 0 aromatic heterocycles. The second-order valence-electron chi connectivity index (χ2n) is 5.29. The van der Waals surface area contributed by atoms with Crippen molar-refractivity contribution in [1.82, 2.24) is 4.31 Å². The number of nitro groups is 1. The molecule has 1 aliphatic rings. The zero-order valence-corrected chi connectivity index (χ0v) is 12.7. The Morgan fingerprint density at radius 1 is 1.29 bits per heavy atom. The Kier molecular flexibility index (Phi) is 4.48. The lowest BCUT2D eigenvalue weighted by molar-refractivity contribution is -0.384. The number of nitrogens with two attached hydrogens (primary N) is 1. The molecule has 7 nitrogen and oxygen atoms in total. The Morgan fingerprint density at radius 2 is 1.90 bits per heavy atom. The van der Waals surface area contributed by atoms with E-state index in [4.69, 9.17) is 5.73 Å². The third-order valence-electron chi connectivity index (χ3n) is 3.96. The molecule has 0 heterocycles. The molecular weight excluding hydrogens is 294 g/mol. The van der Waals surface area contributed by atoms with Crippen molar-refractivity contribution in [2.45, 2.75) is 43.0 Å². The van der Waals surface area contributed by atoms with Gasteiger partial charge >= 0.3 is 0 Å². The molecule has 1 aromatic carbocycles. The normalized spacial score (nSPS) is 17.0. The van der Waals surface area contributed by atoms with Crippen LogP contribution in [0.15, 0.2) is 23.1 Å². The zero-order chi connectivity index (χ0) is 15.6. The van der Waals surface area contributed by atoms with Crippen LogP contribution in [0.4, 0.5) is 11.4 Å². The lowest BCUT2D eigenvalue weighted by Gasteiger charge is -2.30. The molecule has 0 radical (unpaired) electrons. The summed E-state index contributed by atoms with van der Waals surface area (Å²) in [6.45, 7) is 0. The van der Waals surface area contributed by atoms with Gasteiger partial charge in [-0.3, -0.25) is 10.1 Å². The van der Waals surface area contributed by atoms with Gasteiger partial charge in [0.25, 0.3) is 5.69 Å². The first-order valence-electron chi connectivity index (χ1n) is 6.86. The first-order chi connectivity index (χ1) is 9.84. The Bertz CT molecular complexity index is 639. The van der Waals surface area contributed by atoms with E-state index in [-0.39, 0.29) is 22.3 Å². The maximum absolute atomic E-state index is 12.6. The summed E-state index contributed by atoms with van der Waals surface area (Å²) in [6, 6.07) is 3.57. The van der Waals surface area contributed by atoms with E-state index >= 15 is 0 Å². The second-order valence-corrected chi connectivity index (χ2v) is 7.29. The molecular formula is C13H19N3O4S. The highest BCUT2D eigenvalue weighted by Gasteiger charge is 2.30. The molecule has 0 atom stereocenters. The summed E-state index contributed by atoms with van der Waals surface area (Å²) in [7, 11) is -2.20. The SMILES string of the molecule is CN(C1CCCCC1)S(=O)(=O)c1ccc(N)c([N+](=O)[O-])c1. The molecule has 2 rings (SSSR count). The molecule has 0 bridgehead atoms. The maximum Gasteiger partial charge on any atom is 0.293 e. The number of hydrogen-bond acceptors (Lipinski definition) is 5. The van der Waals surface area contributed by atoms with Crippen molar-refractivity contribution in [1.29, 1.82) is 0 Å². The number of hydrogen-bond donors (Lipinski definition) is 1. The van der Waals surface area contributed by atoms with E-state index in [0.717, 1.165) is 38.2 Å². The minimum absolute atomic E-state index is 0.0413. The number of nitro benzene ring substituents is 1. The van der Waals surface area contributed by atoms with Gasteiger partial charge < -0.3 is 5.73 Å². The number of nitrogens with zero attached hydrogens (tertiary/aromatic N) is 2. The summed E-state index contributed by atoms with van der Waals surface area (Å²) in [5.41, 5.74) is 5.08. The Balaban J connectivity index is 2.34. The van der Waals surface area contributed by atoms with E-state index in [1.807, 2.05) is 0 Å². The van der Waals surface area contributed by atoms with E-state index in [0.29, 0.717) is 0 Å². The summed E-state index contributed by atoms with van der Waals surface area (Å²) in [6.07, 6.45) is 4.79. The Labute approximate surface area is 123 Å². The average Bonchev–Trinajstić information content (AvgIpc) is 2.47. The molecule has 0 saturated heterocycles. The minimum atomic E-state index is -3.74. The minimum Gasteiger partial charge on any atom is -0.393 e. The first kappa shape index (κ1) is 15.7. The largest absolute Gasteiger partial charge is 0.393 e. The van der Waals surface area contributed by atoms with Gasteiger partial charge in [-0.05, 0) is 25.0 Å². The van der Waals surface area contributed by atoms with E-state index in [2.05, 4.69) is 0 Å². The molecule has 1 fully saturated rings. The van der Waals surface area contributed by atoms with E-state index in [9.17, 15) is 18.5 Å². The van der Waals surface area contributed by atoms with Crippen molar-refractivity contribution >= 4 is 21.4 Å². The van der Waals surface area contributed by atoms with Gasteiger partial charge in [0.15, 0.2) is 0 Å². The summed E-state index contributed by atoms with van der Waals surface area (Å²) in [5, 5.41) is 10.9. The maximum atomic E-state index is 12.6. The Hall–Kier alpha value is -1.67. The van der Waals surface area contributed by atoms with Gasteiger partial charge in [0.1, 0.15) is 5.69 Å². The predicted octanol–water partition coefficient (Wildman–Crippen LogP) is 2.13. The molecule has 0 unspecified atom stereocenters. The molecule has 1 saturated carbocycles. The standard InChI is InChI=1S/C13H19N3O4S/c1-15(10-5-3-2-4-6-10)21(19,20)11-7-8-12(14)13(9-11)16(17)18/h7-10H,2-6,14H2,1H3. The van der Waals surface area contributed by atoms with Crippen LogP contribution >= 0.6 is 0 Å². The zero-order valence-electron chi connectivity index (χ0n) is 11.9. The van der Waals surface area contributed by atoms with Crippen LogP contribution in [0.5, 0.6) is 0 Å². The number of sulfonamides is 1. The fourth-order valence-electron chi connectivity index (χ4n) is 2.65. The van der Waals surface area contributed by atoms with Gasteiger partial charge in [0.2, 0.25) is 10.0 Å². The summed E-state index contributed by atoms with van der Waals surface area (Å²) in [4.78, 5) is 10.1. The van der Waals surface area contributed by atoms with Crippen molar-refractivity contribution in [3.05, 3.63) is 28.3 Å². The number of anilines is 1. The molecule has 116 valence electrons. The highest BCUT2D eigenvalue weighted by atomic mass is 32.2. The molecule has 1 aliphatic carbocycles. The first-order valence-corrected chi connectivity index (χ1v) is 8.30. The van der Waals surface area contributed by atoms with Crippen molar-refractivity contribution in [3.63, 3.8) is 0 Å². The summed E-state index contributed by atoms with van der Waals surface area (Å²) < 4.78 is 26.5. The number of benzene rings is 1. The van der Waals surface area contributed by atoms with Crippen LogP contribution in [0.2, 0.25) is 0 Å². The van der Waals surface area contributed by atoms with Crippen LogP contribution in [0.3, 0.4) is 0 Å². The van der Waals surface area contributed by atoms with Crippen LogP contribution in [0, 0.1) is 10.1 Å². The molecule has 21 heavy (non-hydrogen) atoms. The third-order valence-corrected chi connectivity index (χ3v) is 5.87. The predicted molar refractivity (Wildman–Crippen MR) is 79.3 cm³/mol. The fourth-order valence-corrected chi connectivity index (χ4v) is 4.09. The molecule has 2 N–H and O–H groups in total. The van der Waals surface area contributed by atoms with Crippen molar-refractivity contribution in [2.75, 3.05) is 12.8 Å². The van der Waals surface area contributed by atoms with Crippen LogP contribution < -0.4 is 5.73 Å². The highest BCUT2D eigenvalue weighted by Crippen LogP contribution is 2.29. The quantitative estimate of drug-likeness (QED) is 0.520. The Morgan fingerprint density at radius 3 is 2.48 bits per heavy atom. The number of rotatable bonds is 4. The number of nitrogen functional groups attached to an aromatic ring is 1. The van der Waals surface area contributed by atoms with Crippen LogP contribution in [0.25, 0.3) is 0 Å². The lowest BCUT2D eigenvalue weighted by Crippen LogP contribution is -2.38. The smallest absolute Gasteiger partial charge is 0.293 e. The van der Waals surface area contributed by atoms with Gasteiger partial charge in [0.05, 0.1) is 9.82 Å². The van der Waals surface area contributed by atoms with Gasteiger partial charge in [-0.1, -0.05) is 19.3 Å². The average molecular weight is 313 g/mol. The highest BCUT2D eigenvalue weighted by molar-refractivity contribution is 7.89. The van der Waals surface area contributed by atoms with E-state index in [1.54, 1.807) is 0 Å². The van der Waals surface area contributed by atoms with Crippen molar-refractivity contribution < 1.29 is 13.3 Å². The van der Waals surface area contributed by atoms with Crippen LogP contribution in [-0.4, -0.2) is 30.7 Å². The van der Waals surface area contributed by atoms with Gasteiger partial charge in [-0.2, -0.15) is 4.31 Å². The van der Waals surface area contributed by atoms with E-state index in [1.165, 1.54) is 23.5 Å². The van der Waals surface area contributed by atoms with E-state index < -0.39 is 14.9 Å². The summed E-state index contributed by atoms with van der Waals surface area (Å²) >= 11 is 0. The molecule has 1 aromatic rings. The van der Waals surface area contributed by atoms with Crippen molar-refractivity contribution in [3.8, 4) is 0 Å². The topological polar surface area (TPSA) is 107 Å². The molecule has 0 aliphatic heterocycles.